The van der Waals surface area contributed by atoms with Crippen molar-refractivity contribution in [3.05, 3.63) is 0 Å². The average molecular weight is 172 g/mol. The summed E-state index contributed by atoms with van der Waals surface area (Å²) >= 11 is 0. The maximum atomic E-state index is 10.0. The highest BCUT2D eigenvalue weighted by molar-refractivity contribution is 5.37. The fourth-order valence-corrected chi connectivity index (χ4v) is 1.65. The topological polar surface area (TPSA) is 35.5 Å². The van der Waals surface area contributed by atoms with E-state index in [0.29, 0.717) is 12.6 Å². The summed E-state index contributed by atoms with van der Waals surface area (Å²) in [5.74, 6) is 0. The van der Waals surface area contributed by atoms with Crippen LogP contribution in [0.3, 0.4) is 0 Å². The van der Waals surface area contributed by atoms with Crippen molar-refractivity contribution in [1.29, 1.82) is 0 Å². The summed E-state index contributed by atoms with van der Waals surface area (Å²) in [7, 11) is 0. The minimum absolute atomic E-state index is 0.138. The first-order chi connectivity index (χ1) is 5.86. The van der Waals surface area contributed by atoms with Gasteiger partial charge < -0.3 is 9.47 Å². The van der Waals surface area contributed by atoms with Gasteiger partial charge in [-0.25, -0.2) is 0 Å². The van der Waals surface area contributed by atoms with E-state index in [0.717, 1.165) is 32.3 Å². The molecule has 0 saturated heterocycles. The van der Waals surface area contributed by atoms with Gasteiger partial charge in [0.25, 0.3) is 6.47 Å². The molecule has 3 nitrogen and oxygen atoms in total. The molecule has 1 saturated carbocycles. The van der Waals surface area contributed by atoms with Crippen LogP contribution in [0.2, 0.25) is 0 Å². The van der Waals surface area contributed by atoms with Crippen LogP contribution in [0, 0.1) is 0 Å². The highest BCUT2D eigenvalue weighted by Gasteiger charge is 2.21. The molecule has 0 aliphatic heterocycles. The summed E-state index contributed by atoms with van der Waals surface area (Å²) < 4.78 is 10.3. The fourth-order valence-electron chi connectivity index (χ4n) is 1.65. The Bertz CT molecular complexity index is 128. The third kappa shape index (κ3) is 2.81. The van der Waals surface area contributed by atoms with Gasteiger partial charge in [-0.1, -0.05) is 0 Å². The average Bonchev–Trinajstić information content (AvgIpc) is 2.09. The molecule has 0 heterocycles. The molecule has 0 aromatic carbocycles. The molecule has 0 spiro atoms. The van der Waals surface area contributed by atoms with Gasteiger partial charge in [0.1, 0.15) is 6.10 Å². The summed E-state index contributed by atoms with van der Waals surface area (Å²) in [4.78, 5) is 10.0. The van der Waals surface area contributed by atoms with Crippen molar-refractivity contribution in [3.8, 4) is 0 Å². The van der Waals surface area contributed by atoms with Crippen LogP contribution in [0.4, 0.5) is 0 Å². The molecule has 12 heavy (non-hydrogen) atoms. The van der Waals surface area contributed by atoms with Gasteiger partial charge in [0, 0.05) is 6.61 Å². The van der Waals surface area contributed by atoms with Crippen LogP contribution in [-0.4, -0.2) is 25.3 Å². The number of rotatable bonds is 4. The number of hydrogen-bond donors (Lipinski definition) is 0. The van der Waals surface area contributed by atoms with Crippen LogP contribution in [0.25, 0.3) is 0 Å². The maximum Gasteiger partial charge on any atom is 0.293 e. The predicted molar refractivity (Wildman–Crippen MR) is 44.8 cm³/mol. The molecule has 0 aromatic heterocycles. The van der Waals surface area contributed by atoms with Crippen molar-refractivity contribution in [3.63, 3.8) is 0 Å². The number of carbonyl (C=O) groups excluding carboxylic acids is 1. The zero-order valence-electron chi connectivity index (χ0n) is 7.49. The van der Waals surface area contributed by atoms with E-state index in [9.17, 15) is 4.79 Å². The van der Waals surface area contributed by atoms with Gasteiger partial charge in [-0.15, -0.1) is 0 Å². The lowest BCUT2D eigenvalue weighted by molar-refractivity contribution is -0.136. The predicted octanol–water partition coefficient (Wildman–Crippen LogP) is 1.51. The molecule has 70 valence electrons. The number of carbonyl (C=O) groups is 1. The lowest BCUT2D eigenvalue weighted by Gasteiger charge is -2.26. The second-order valence-electron chi connectivity index (χ2n) is 3.09. The molecule has 1 aliphatic rings. The van der Waals surface area contributed by atoms with Crippen LogP contribution in [0.15, 0.2) is 0 Å². The molecular weight excluding hydrogens is 156 g/mol. The van der Waals surface area contributed by atoms with Gasteiger partial charge in [0.05, 0.1) is 6.10 Å². The van der Waals surface area contributed by atoms with Crippen LogP contribution in [0.5, 0.6) is 0 Å². The van der Waals surface area contributed by atoms with E-state index in [1.165, 1.54) is 0 Å². The molecule has 3 heteroatoms. The van der Waals surface area contributed by atoms with Crippen molar-refractivity contribution in [1.82, 2.24) is 0 Å². The van der Waals surface area contributed by atoms with E-state index in [4.69, 9.17) is 9.47 Å². The molecule has 1 rings (SSSR count). The van der Waals surface area contributed by atoms with Gasteiger partial charge in [-0.2, -0.15) is 0 Å². The first-order valence-corrected chi connectivity index (χ1v) is 4.57. The number of ether oxygens (including phenoxy) is 2. The molecule has 0 atom stereocenters. The Kier molecular flexibility index (Phi) is 4.08. The van der Waals surface area contributed by atoms with E-state index < -0.39 is 0 Å². The highest BCUT2D eigenvalue weighted by Crippen LogP contribution is 2.22. The van der Waals surface area contributed by atoms with Crippen LogP contribution < -0.4 is 0 Å². The molecule has 0 aromatic rings. The van der Waals surface area contributed by atoms with Gasteiger partial charge in [-0.3, -0.25) is 4.79 Å². The van der Waals surface area contributed by atoms with Crippen molar-refractivity contribution >= 4 is 6.47 Å². The van der Waals surface area contributed by atoms with Crippen LogP contribution in [-0.2, 0) is 14.3 Å². The third-order valence-corrected chi connectivity index (χ3v) is 2.27. The minimum Gasteiger partial charge on any atom is -0.465 e. The molecule has 0 N–H and O–H groups in total. The van der Waals surface area contributed by atoms with Crippen molar-refractivity contribution in [2.24, 2.45) is 0 Å². The molecule has 1 fully saturated rings. The molecule has 1 aliphatic carbocycles. The molecule has 0 unspecified atom stereocenters. The third-order valence-electron chi connectivity index (χ3n) is 2.27. The second kappa shape index (κ2) is 5.14. The van der Waals surface area contributed by atoms with Crippen molar-refractivity contribution < 1.29 is 14.3 Å². The Morgan fingerprint density at radius 3 is 2.33 bits per heavy atom. The molecule has 0 amide bonds. The molecular formula is C9H16O3. The normalized spacial score (nSPS) is 29.8. The standard InChI is InChI=1S/C9H16O3/c1-2-11-8-3-5-9(6-4-8)12-7-10/h7-9H,2-6H2,1H3. The zero-order valence-corrected chi connectivity index (χ0v) is 7.49. The molecule has 0 radical (unpaired) electrons. The second-order valence-corrected chi connectivity index (χ2v) is 3.09. The Morgan fingerprint density at radius 2 is 1.83 bits per heavy atom. The van der Waals surface area contributed by atoms with Gasteiger partial charge in [0.15, 0.2) is 0 Å². The van der Waals surface area contributed by atoms with E-state index in [-0.39, 0.29) is 6.10 Å². The summed E-state index contributed by atoms with van der Waals surface area (Å²) in [6.45, 7) is 3.34. The fraction of sp³-hybridized carbons (Fsp3) is 0.889. The summed E-state index contributed by atoms with van der Waals surface area (Å²) in [6, 6.07) is 0. The van der Waals surface area contributed by atoms with E-state index in [2.05, 4.69) is 0 Å². The van der Waals surface area contributed by atoms with Crippen LogP contribution in [0.1, 0.15) is 32.6 Å². The van der Waals surface area contributed by atoms with E-state index in [1.54, 1.807) is 0 Å². The summed E-state index contributed by atoms with van der Waals surface area (Å²) in [6.07, 6.45) is 4.46. The Balaban J connectivity index is 2.15. The summed E-state index contributed by atoms with van der Waals surface area (Å²) in [5.41, 5.74) is 0. The van der Waals surface area contributed by atoms with Gasteiger partial charge in [-0.05, 0) is 32.6 Å². The Labute approximate surface area is 73.0 Å². The number of hydrogen-bond acceptors (Lipinski definition) is 3. The zero-order chi connectivity index (χ0) is 8.81. The van der Waals surface area contributed by atoms with Gasteiger partial charge in [0.2, 0.25) is 0 Å². The highest BCUT2D eigenvalue weighted by atomic mass is 16.5. The molecule has 0 bridgehead atoms. The maximum absolute atomic E-state index is 10.0. The van der Waals surface area contributed by atoms with Gasteiger partial charge >= 0.3 is 0 Å². The quantitative estimate of drug-likeness (QED) is 0.603. The SMILES string of the molecule is CCOC1CCC(OC=O)CC1. The van der Waals surface area contributed by atoms with E-state index in [1.807, 2.05) is 6.92 Å². The first kappa shape index (κ1) is 9.52. The minimum atomic E-state index is 0.138. The van der Waals surface area contributed by atoms with Crippen LogP contribution >= 0.6 is 0 Å². The largest absolute Gasteiger partial charge is 0.465 e. The van der Waals surface area contributed by atoms with Crippen molar-refractivity contribution in [2.75, 3.05) is 6.61 Å². The smallest absolute Gasteiger partial charge is 0.293 e. The summed E-state index contributed by atoms with van der Waals surface area (Å²) in [5, 5.41) is 0. The lowest BCUT2D eigenvalue weighted by Crippen LogP contribution is -2.26. The van der Waals surface area contributed by atoms with Crippen molar-refractivity contribution in [2.45, 2.75) is 44.8 Å². The lowest BCUT2D eigenvalue weighted by atomic mass is 9.95. The Hall–Kier alpha value is -0.570. The first-order valence-electron chi connectivity index (χ1n) is 4.57. The Morgan fingerprint density at radius 1 is 1.25 bits per heavy atom. The monoisotopic (exact) mass is 172 g/mol. The van der Waals surface area contributed by atoms with E-state index >= 15 is 0 Å².